The molecular weight excluding hydrogens is 214 g/mol. The Morgan fingerprint density at radius 3 is 2.41 bits per heavy atom. The number of aryl methyl sites for hydroxylation is 1. The summed E-state index contributed by atoms with van der Waals surface area (Å²) in [5.41, 5.74) is 5.78. The van der Waals surface area contributed by atoms with Gasteiger partial charge in [-0.2, -0.15) is 0 Å². The third-order valence-corrected chi connectivity index (χ3v) is 3.84. The number of hydrogen-bond acceptors (Lipinski definition) is 5. The summed E-state index contributed by atoms with van der Waals surface area (Å²) < 4.78 is 0. The van der Waals surface area contributed by atoms with E-state index >= 15 is 0 Å². The molecule has 0 unspecified atom stereocenters. The fourth-order valence-electron chi connectivity index (χ4n) is 3.15. The van der Waals surface area contributed by atoms with Crippen LogP contribution in [0.25, 0.3) is 0 Å². The van der Waals surface area contributed by atoms with E-state index in [1.54, 1.807) is 0 Å². The molecule has 17 heavy (non-hydrogen) atoms. The summed E-state index contributed by atoms with van der Waals surface area (Å²) in [6.45, 7) is 6.52. The highest BCUT2D eigenvalue weighted by atomic mass is 15.3. The first-order valence-electron chi connectivity index (χ1n) is 6.16. The molecule has 0 saturated carbocycles. The summed E-state index contributed by atoms with van der Waals surface area (Å²) in [5.74, 6) is 3.90. The fraction of sp³-hybridized carbons (Fsp3) is 0.667. The Morgan fingerprint density at radius 2 is 1.82 bits per heavy atom. The topological polar surface area (TPSA) is 58.3 Å². The van der Waals surface area contributed by atoms with Crippen molar-refractivity contribution in [1.29, 1.82) is 0 Å². The van der Waals surface area contributed by atoms with Gasteiger partial charge in [0.15, 0.2) is 0 Å². The van der Waals surface area contributed by atoms with Gasteiger partial charge in [-0.15, -0.1) is 0 Å². The number of hydrogen-bond donors (Lipinski definition) is 1. The van der Waals surface area contributed by atoms with Crippen molar-refractivity contribution in [2.75, 3.05) is 43.9 Å². The molecule has 3 heterocycles. The number of nitrogens with two attached hydrogens (primary N) is 1. The van der Waals surface area contributed by atoms with Gasteiger partial charge in [-0.25, -0.2) is 9.97 Å². The van der Waals surface area contributed by atoms with Crippen LogP contribution in [0.3, 0.4) is 0 Å². The van der Waals surface area contributed by atoms with Crippen LogP contribution in [0.5, 0.6) is 0 Å². The monoisotopic (exact) mass is 233 g/mol. The molecule has 92 valence electrons. The van der Waals surface area contributed by atoms with E-state index in [1.807, 2.05) is 13.0 Å². The molecule has 5 heteroatoms. The van der Waals surface area contributed by atoms with Crippen molar-refractivity contribution in [2.24, 2.45) is 11.8 Å². The van der Waals surface area contributed by atoms with Crippen LogP contribution in [-0.4, -0.2) is 48.1 Å². The number of likely N-dealkylation sites (tertiary alicyclic amines) is 1. The lowest BCUT2D eigenvalue weighted by Crippen LogP contribution is -2.27. The van der Waals surface area contributed by atoms with Gasteiger partial charge in [-0.1, -0.05) is 0 Å². The molecule has 1 aromatic rings. The van der Waals surface area contributed by atoms with Crippen LogP contribution in [0.4, 0.5) is 11.6 Å². The predicted molar refractivity (Wildman–Crippen MR) is 67.9 cm³/mol. The number of rotatable bonds is 1. The second kappa shape index (κ2) is 3.84. The van der Waals surface area contributed by atoms with Gasteiger partial charge in [0.25, 0.3) is 0 Å². The minimum Gasteiger partial charge on any atom is -0.384 e. The van der Waals surface area contributed by atoms with E-state index < -0.39 is 0 Å². The van der Waals surface area contributed by atoms with E-state index in [1.165, 1.54) is 13.1 Å². The first-order chi connectivity index (χ1) is 8.11. The fourth-order valence-corrected chi connectivity index (χ4v) is 3.15. The van der Waals surface area contributed by atoms with Gasteiger partial charge in [0.1, 0.15) is 17.5 Å². The van der Waals surface area contributed by atoms with Gasteiger partial charge in [0, 0.05) is 32.2 Å². The lowest BCUT2D eigenvalue weighted by atomic mass is 10.0. The average Bonchev–Trinajstić information content (AvgIpc) is 2.72. The highest BCUT2D eigenvalue weighted by Crippen LogP contribution is 2.32. The van der Waals surface area contributed by atoms with Gasteiger partial charge >= 0.3 is 0 Å². The Bertz CT molecular complexity index is 399. The summed E-state index contributed by atoms with van der Waals surface area (Å²) in [7, 11) is 2.20. The maximum Gasteiger partial charge on any atom is 0.134 e. The van der Waals surface area contributed by atoms with Gasteiger partial charge in [0.05, 0.1) is 0 Å². The molecule has 2 N–H and O–H groups in total. The standard InChI is InChI=1S/C12H19N5/c1-8-14-11(13)3-12(15-8)17-6-9-4-16(2)5-10(9)7-17/h3,9-10H,4-7H2,1-2H3,(H2,13,14,15)/t9-,10-/m1/s1. The van der Waals surface area contributed by atoms with Crippen LogP contribution in [0.2, 0.25) is 0 Å². The minimum absolute atomic E-state index is 0.571. The number of nitrogens with zero attached hydrogens (tertiary/aromatic N) is 4. The van der Waals surface area contributed by atoms with Crippen LogP contribution in [0, 0.1) is 18.8 Å². The van der Waals surface area contributed by atoms with Crippen molar-refractivity contribution in [3.63, 3.8) is 0 Å². The molecule has 2 aliphatic rings. The van der Waals surface area contributed by atoms with Crippen molar-refractivity contribution >= 4 is 11.6 Å². The maximum atomic E-state index is 5.78. The zero-order valence-electron chi connectivity index (χ0n) is 10.4. The Hall–Kier alpha value is -1.36. The number of aromatic nitrogens is 2. The number of fused-ring (bicyclic) bond motifs is 1. The molecule has 2 atom stereocenters. The quantitative estimate of drug-likeness (QED) is 0.759. The lowest BCUT2D eigenvalue weighted by Gasteiger charge is -2.20. The van der Waals surface area contributed by atoms with Crippen LogP contribution in [-0.2, 0) is 0 Å². The van der Waals surface area contributed by atoms with Crippen molar-refractivity contribution in [2.45, 2.75) is 6.92 Å². The Labute approximate surface area is 102 Å². The molecule has 5 nitrogen and oxygen atoms in total. The molecule has 0 bridgehead atoms. The molecule has 3 rings (SSSR count). The summed E-state index contributed by atoms with van der Waals surface area (Å²) in [6, 6.07) is 1.89. The molecule has 0 amide bonds. The first-order valence-corrected chi connectivity index (χ1v) is 6.16. The second-order valence-electron chi connectivity index (χ2n) is 5.34. The molecule has 1 aromatic heterocycles. The van der Waals surface area contributed by atoms with Gasteiger partial charge < -0.3 is 15.5 Å². The van der Waals surface area contributed by atoms with Crippen molar-refractivity contribution < 1.29 is 0 Å². The van der Waals surface area contributed by atoms with E-state index in [0.717, 1.165) is 36.6 Å². The highest BCUT2D eigenvalue weighted by Gasteiger charge is 2.39. The minimum atomic E-state index is 0.571. The predicted octanol–water partition coefficient (Wildman–Crippen LogP) is 0.365. The van der Waals surface area contributed by atoms with Gasteiger partial charge in [0.2, 0.25) is 0 Å². The Morgan fingerprint density at radius 1 is 1.18 bits per heavy atom. The van der Waals surface area contributed by atoms with Gasteiger partial charge in [-0.3, -0.25) is 0 Å². The summed E-state index contributed by atoms with van der Waals surface area (Å²) in [6.07, 6.45) is 0. The summed E-state index contributed by atoms with van der Waals surface area (Å²) >= 11 is 0. The average molecular weight is 233 g/mol. The Balaban J connectivity index is 1.79. The van der Waals surface area contributed by atoms with Crippen molar-refractivity contribution in [3.05, 3.63) is 11.9 Å². The lowest BCUT2D eigenvalue weighted by molar-refractivity contribution is 0.387. The van der Waals surface area contributed by atoms with Crippen LogP contribution >= 0.6 is 0 Å². The first kappa shape index (κ1) is 10.8. The Kier molecular flexibility index (Phi) is 2.43. The summed E-state index contributed by atoms with van der Waals surface area (Å²) in [4.78, 5) is 13.4. The molecule has 0 aromatic carbocycles. The van der Waals surface area contributed by atoms with Crippen molar-refractivity contribution in [1.82, 2.24) is 14.9 Å². The number of anilines is 2. The SMILES string of the molecule is Cc1nc(N)cc(N2C[C@H]3CN(C)C[C@@H]3C2)n1. The zero-order valence-corrected chi connectivity index (χ0v) is 10.4. The highest BCUT2D eigenvalue weighted by molar-refractivity contribution is 5.48. The molecule has 2 aliphatic heterocycles. The second-order valence-corrected chi connectivity index (χ2v) is 5.34. The third-order valence-electron chi connectivity index (χ3n) is 3.84. The molecule has 2 saturated heterocycles. The van der Waals surface area contributed by atoms with E-state index in [2.05, 4.69) is 26.8 Å². The van der Waals surface area contributed by atoms with E-state index in [9.17, 15) is 0 Å². The smallest absolute Gasteiger partial charge is 0.134 e. The molecule has 0 radical (unpaired) electrons. The zero-order chi connectivity index (χ0) is 12.0. The van der Waals surface area contributed by atoms with Crippen molar-refractivity contribution in [3.8, 4) is 0 Å². The van der Waals surface area contributed by atoms with Crippen LogP contribution in [0.1, 0.15) is 5.82 Å². The summed E-state index contributed by atoms with van der Waals surface area (Å²) in [5, 5.41) is 0. The third kappa shape index (κ3) is 1.95. The number of nitrogen functional groups attached to an aromatic ring is 1. The largest absolute Gasteiger partial charge is 0.384 e. The van der Waals surface area contributed by atoms with Gasteiger partial charge in [-0.05, 0) is 25.8 Å². The molecule has 2 fully saturated rings. The molecule has 0 spiro atoms. The van der Waals surface area contributed by atoms with E-state index in [0.29, 0.717) is 5.82 Å². The maximum absolute atomic E-state index is 5.78. The van der Waals surface area contributed by atoms with E-state index in [-0.39, 0.29) is 0 Å². The molecule has 0 aliphatic carbocycles. The van der Waals surface area contributed by atoms with Crippen LogP contribution in [0.15, 0.2) is 6.07 Å². The molecular formula is C12H19N5. The normalized spacial score (nSPS) is 28.7. The van der Waals surface area contributed by atoms with E-state index in [4.69, 9.17) is 5.73 Å². The van der Waals surface area contributed by atoms with Crippen LogP contribution < -0.4 is 10.6 Å².